The molecular formula is C47H82O2. The summed E-state index contributed by atoms with van der Waals surface area (Å²) in [6.07, 6.45) is 60.2. The second-order valence-electron chi connectivity index (χ2n) is 14.3. The molecule has 282 valence electrons. The van der Waals surface area contributed by atoms with Crippen molar-refractivity contribution in [1.29, 1.82) is 0 Å². The highest BCUT2D eigenvalue weighted by Gasteiger charge is 2.14. The van der Waals surface area contributed by atoms with Gasteiger partial charge in [0.1, 0.15) is 6.10 Å². The van der Waals surface area contributed by atoms with Crippen LogP contribution in [0.2, 0.25) is 0 Å². The molecule has 0 aliphatic rings. The third kappa shape index (κ3) is 38.6. The zero-order chi connectivity index (χ0) is 35.7. The smallest absolute Gasteiger partial charge is 0.306 e. The molecule has 0 saturated heterocycles. The fourth-order valence-electron chi connectivity index (χ4n) is 5.85. The maximum atomic E-state index is 12.7. The van der Waals surface area contributed by atoms with Gasteiger partial charge < -0.3 is 4.74 Å². The van der Waals surface area contributed by atoms with Gasteiger partial charge in [-0.15, -0.1) is 0 Å². The molecule has 0 heterocycles. The number of rotatable bonds is 36. The maximum Gasteiger partial charge on any atom is 0.306 e. The van der Waals surface area contributed by atoms with E-state index in [0.717, 1.165) is 83.0 Å². The van der Waals surface area contributed by atoms with E-state index in [0.29, 0.717) is 6.42 Å². The number of carbonyl (C=O) groups is 1. The van der Waals surface area contributed by atoms with E-state index in [9.17, 15) is 4.79 Å². The van der Waals surface area contributed by atoms with Gasteiger partial charge in [0.25, 0.3) is 0 Å². The van der Waals surface area contributed by atoms with Crippen LogP contribution in [0.15, 0.2) is 72.9 Å². The molecule has 1 atom stereocenters. The Morgan fingerprint density at radius 3 is 1.22 bits per heavy atom. The van der Waals surface area contributed by atoms with Crippen LogP contribution < -0.4 is 0 Å². The van der Waals surface area contributed by atoms with Crippen molar-refractivity contribution in [3.8, 4) is 0 Å². The monoisotopic (exact) mass is 679 g/mol. The molecule has 0 fully saturated rings. The Balaban J connectivity index is 4.27. The zero-order valence-electron chi connectivity index (χ0n) is 33.2. The molecule has 49 heavy (non-hydrogen) atoms. The van der Waals surface area contributed by atoms with Crippen LogP contribution in [0, 0.1) is 5.92 Å². The molecule has 1 unspecified atom stereocenters. The highest BCUT2D eigenvalue weighted by atomic mass is 16.5. The van der Waals surface area contributed by atoms with Gasteiger partial charge in [0.15, 0.2) is 0 Å². The maximum absolute atomic E-state index is 12.7. The Morgan fingerprint density at radius 1 is 0.449 bits per heavy atom. The summed E-state index contributed by atoms with van der Waals surface area (Å²) >= 11 is 0. The molecule has 0 saturated carbocycles. The largest absolute Gasteiger partial charge is 0.462 e. The van der Waals surface area contributed by atoms with Crippen molar-refractivity contribution in [3.63, 3.8) is 0 Å². The lowest BCUT2D eigenvalue weighted by atomic mass is 10.0. The Hall–Kier alpha value is -2.09. The number of esters is 1. The number of unbranched alkanes of at least 4 members (excludes halogenated alkanes) is 14. The molecule has 0 radical (unpaired) electrons. The molecule has 2 heteroatoms. The third-order valence-corrected chi connectivity index (χ3v) is 9.40. The van der Waals surface area contributed by atoms with Crippen molar-refractivity contribution in [1.82, 2.24) is 0 Å². The summed E-state index contributed by atoms with van der Waals surface area (Å²) in [6, 6.07) is 0. The summed E-state index contributed by atoms with van der Waals surface area (Å²) in [5.41, 5.74) is 0. The SMILES string of the molecule is CCCCCC=CCC=CCC=CCCCCCC(CCCCCC=CCC=CCC=CCCCCC)OC(=O)CCCCCC(C)CC. The summed E-state index contributed by atoms with van der Waals surface area (Å²) in [6.45, 7) is 9.10. The minimum atomic E-state index is 0.0273. The van der Waals surface area contributed by atoms with Gasteiger partial charge in [-0.2, -0.15) is 0 Å². The van der Waals surface area contributed by atoms with Gasteiger partial charge >= 0.3 is 5.97 Å². The van der Waals surface area contributed by atoms with Crippen molar-refractivity contribution >= 4 is 5.97 Å². The van der Waals surface area contributed by atoms with Crippen molar-refractivity contribution in [2.75, 3.05) is 0 Å². The molecule has 0 amide bonds. The topological polar surface area (TPSA) is 26.3 Å². The molecule has 0 aliphatic heterocycles. The minimum Gasteiger partial charge on any atom is -0.462 e. The lowest BCUT2D eigenvalue weighted by Crippen LogP contribution is -2.18. The van der Waals surface area contributed by atoms with E-state index in [1.807, 2.05) is 0 Å². The zero-order valence-corrected chi connectivity index (χ0v) is 33.2. The molecule has 0 aromatic heterocycles. The van der Waals surface area contributed by atoms with Crippen LogP contribution >= 0.6 is 0 Å². The van der Waals surface area contributed by atoms with Crippen molar-refractivity contribution < 1.29 is 9.53 Å². The van der Waals surface area contributed by atoms with E-state index in [4.69, 9.17) is 4.74 Å². The van der Waals surface area contributed by atoms with Crippen LogP contribution in [0.25, 0.3) is 0 Å². The van der Waals surface area contributed by atoms with Gasteiger partial charge in [-0.25, -0.2) is 0 Å². The van der Waals surface area contributed by atoms with Crippen molar-refractivity contribution in [3.05, 3.63) is 72.9 Å². The van der Waals surface area contributed by atoms with Gasteiger partial charge in [-0.3, -0.25) is 4.79 Å². The molecule has 0 aliphatic carbocycles. The Labute approximate surface area is 307 Å². The van der Waals surface area contributed by atoms with Crippen LogP contribution in [-0.2, 0) is 9.53 Å². The molecule has 0 aromatic rings. The first-order valence-corrected chi connectivity index (χ1v) is 21.2. The van der Waals surface area contributed by atoms with Crippen LogP contribution in [0.5, 0.6) is 0 Å². The predicted octanol–water partition coefficient (Wildman–Crippen LogP) is 15.9. The lowest BCUT2D eigenvalue weighted by molar-refractivity contribution is -0.150. The van der Waals surface area contributed by atoms with E-state index in [1.54, 1.807) is 0 Å². The number of ether oxygens (including phenoxy) is 1. The average Bonchev–Trinajstić information content (AvgIpc) is 3.10. The Morgan fingerprint density at radius 2 is 0.816 bits per heavy atom. The van der Waals surface area contributed by atoms with E-state index in [-0.39, 0.29) is 12.1 Å². The van der Waals surface area contributed by atoms with Crippen LogP contribution in [0.3, 0.4) is 0 Å². The molecule has 0 aromatic carbocycles. The first-order valence-electron chi connectivity index (χ1n) is 21.2. The number of carbonyl (C=O) groups excluding carboxylic acids is 1. The molecular weight excluding hydrogens is 597 g/mol. The van der Waals surface area contributed by atoms with Crippen LogP contribution in [0.4, 0.5) is 0 Å². The fourth-order valence-corrected chi connectivity index (χ4v) is 5.85. The van der Waals surface area contributed by atoms with E-state index >= 15 is 0 Å². The fraction of sp³-hybridized carbons (Fsp3) is 0.723. The number of hydrogen-bond donors (Lipinski definition) is 0. The average molecular weight is 679 g/mol. The predicted molar refractivity (Wildman–Crippen MR) is 220 cm³/mol. The molecule has 0 spiro atoms. The quantitative estimate of drug-likeness (QED) is 0.0374. The summed E-state index contributed by atoms with van der Waals surface area (Å²) < 4.78 is 6.06. The second kappa shape index (κ2) is 40.3. The highest BCUT2D eigenvalue weighted by molar-refractivity contribution is 5.69. The third-order valence-electron chi connectivity index (χ3n) is 9.40. The van der Waals surface area contributed by atoms with E-state index in [2.05, 4.69) is 101 Å². The molecule has 0 N–H and O–H groups in total. The van der Waals surface area contributed by atoms with Gasteiger partial charge in [0.2, 0.25) is 0 Å². The van der Waals surface area contributed by atoms with Gasteiger partial charge in [-0.1, -0.05) is 165 Å². The van der Waals surface area contributed by atoms with Crippen molar-refractivity contribution in [2.24, 2.45) is 5.92 Å². The van der Waals surface area contributed by atoms with Gasteiger partial charge in [-0.05, 0) is 115 Å². The van der Waals surface area contributed by atoms with Gasteiger partial charge in [0.05, 0.1) is 0 Å². The minimum absolute atomic E-state index is 0.0273. The van der Waals surface area contributed by atoms with E-state index < -0.39 is 0 Å². The summed E-state index contributed by atoms with van der Waals surface area (Å²) in [5.74, 6) is 0.824. The summed E-state index contributed by atoms with van der Waals surface area (Å²) in [5, 5.41) is 0. The van der Waals surface area contributed by atoms with Crippen LogP contribution in [0.1, 0.15) is 207 Å². The van der Waals surface area contributed by atoms with Crippen molar-refractivity contribution in [2.45, 2.75) is 214 Å². The first kappa shape index (κ1) is 46.9. The first-order chi connectivity index (χ1) is 24.1. The summed E-state index contributed by atoms with van der Waals surface area (Å²) in [4.78, 5) is 12.7. The lowest BCUT2D eigenvalue weighted by Gasteiger charge is -2.18. The Kier molecular flexibility index (Phi) is 38.6. The highest BCUT2D eigenvalue weighted by Crippen LogP contribution is 2.18. The normalized spacial score (nSPS) is 13.8. The second-order valence-corrected chi connectivity index (χ2v) is 14.3. The van der Waals surface area contributed by atoms with Crippen LogP contribution in [-0.4, -0.2) is 12.1 Å². The number of hydrogen-bond acceptors (Lipinski definition) is 2. The number of allylic oxidation sites excluding steroid dienone is 12. The molecule has 0 rings (SSSR count). The van der Waals surface area contributed by atoms with E-state index in [1.165, 1.54) is 96.3 Å². The molecule has 0 bridgehead atoms. The summed E-state index contributed by atoms with van der Waals surface area (Å²) in [7, 11) is 0. The Bertz CT molecular complexity index is 803. The standard InChI is InChI=1S/C47H82O2/c1-5-8-10-12-14-16-18-20-22-24-26-28-30-32-34-38-42-46(49-47(48)44-40-36-37-41-45(4)7-3)43-39-35-33-31-29-27-25-23-21-19-17-15-13-11-9-6-2/h14-17,20-23,26-29,45-46H,5-13,18-19,24-25,30-44H2,1-4H3. The van der Waals surface area contributed by atoms with Gasteiger partial charge in [0, 0.05) is 6.42 Å². The molecule has 2 nitrogen and oxygen atoms in total.